The van der Waals surface area contributed by atoms with Crippen LogP contribution in [0.25, 0.3) is 0 Å². The Kier molecular flexibility index (Phi) is 10.5. The molecule has 7 nitrogen and oxygen atoms in total. The molecular weight excluding hydrogens is 522 g/mol. The highest BCUT2D eigenvalue weighted by Crippen LogP contribution is 2.26. The number of carbonyl (C=O) groups excluding carboxylic acids is 2. The van der Waals surface area contributed by atoms with Crippen LogP contribution in [0.15, 0.2) is 77.7 Å². The van der Waals surface area contributed by atoms with E-state index in [1.165, 1.54) is 4.90 Å². The van der Waals surface area contributed by atoms with Crippen molar-refractivity contribution in [2.45, 2.75) is 58.9 Å². The largest absolute Gasteiger partial charge is 0.354 e. The van der Waals surface area contributed by atoms with Crippen molar-refractivity contribution in [1.82, 2.24) is 10.2 Å². The normalized spacial score (nSPS) is 12.2. The third-order valence-electron chi connectivity index (χ3n) is 6.72. The fourth-order valence-corrected chi connectivity index (χ4v) is 5.88. The van der Waals surface area contributed by atoms with Crippen LogP contribution >= 0.6 is 0 Å². The van der Waals surface area contributed by atoms with Gasteiger partial charge in [0.25, 0.3) is 10.0 Å². The maximum absolute atomic E-state index is 14.0. The summed E-state index contributed by atoms with van der Waals surface area (Å²) >= 11 is 0. The maximum atomic E-state index is 14.0. The number of nitrogens with zero attached hydrogens (tertiary/aromatic N) is 2. The molecular formula is C32H41N3O4S. The number of rotatable bonds is 12. The van der Waals surface area contributed by atoms with Crippen LogP contribution in [0.3, 0.4) is 0 Å². The molecule has 0 saturated carbocycles. The first-order valence-electron chi connectivity index (χ1n) is 13.7. The first kappa shape index (κ1) is 30.9. The van der Waals surface area contributed by atoms with E-state index in [0.717, 1.165) is 26.6 Å². The Balaban J connectivity index is 1.99. The zero-order valence-corrected chi connectivity index (χ0v) is 25.2. The van der Waals surface area contributed by atoms with Crippen LogP contribution in [-0.2, 0) is 26.0 Å². The number of benzene rings is 3. The highest BCUT2D eigenvalue weighted by atomic mass is 32.2. The molecule has 3 aromatic rings. The lowest BCUT2D eigenvalue weighted by atomic mass is 10.1. The summed E-state index contributed by atoms with van der Waals surface area (Å²) in [5, 5.41) is 2.91. The average molecular weight is 564 g/mol. The molecule has 40 heavy (non-hydrogen) atoms. The quantitative estimate of drug-likeness (QED) is 0.335. The van der Waals surface area contributed by atoms with Gasteiger partial charge in [-0.25, -0.2) is 8.42 Å². The molecule has 1 atom stereocenters. The van der Waals surface area contributed by atoms with E-state index in [1.54, 1.807) is 43.3 Å². The lowest BCUT2D eigenvalue weighted by Gasteiger charge is -2.32. The molecule has 0 heterocycles. The minimum absolute atomic E-state index is 0.101. The molecule has 2 amide bonds. The Hall–Kier alpha value is -3.65. The summed E-state index contributed by atoms with van der Waals surface area (Å²) in [4.78, 5) is 28.6. The average Bonchev–Trinajstić information content (AvgIpc) is 2.90. The van der Waals surface area contributed by atoms with Gasteiger partial charge < -0.3 is 10.2 Å². The van der Waals surface area contributed by atoms with Gasteiger partial charge in [-0.3, -0.25) is 13.9 Å². The molecule has 0 radical (unpaired) electrons. The van der Waals surface area contributed by atoms with E-state index >= 15 is 0 Å². The second-order valence-corrected chi connectivity index (χ2v) is 12.7. The Bertz CT molecular complexity index is 1380. The third-order valence-corrected chi connectivity index (χ3v) is 8.51. The lowest BCUT2D eigenvalue weighted by molar-refractivity contribution is -0.138. The standard InChI is InChI=1S/C32H41N3O4S/c1-23(2)21-33-32(37)27(6)34(17-16-28-10-8-7-9-11-28)31(36)22-35(29-19-25(4)18-26(5)20-29)40(38,39)30-14-12-24(3)13-15-30/h7-15,18-20,23,27H,16-17,21-22H2,1-6H3,(H,33,37). The summed E-state index contributed by atoms with van der Waals surface area (Å²) < 4.78 is 29.1. The van der Waals surface area contributed by atoms with E-state index in [2.05, 4.69) is 5.32 Å². The van der Waals surface area contributed by atoms with Crippen molar-refractivity contribution in [3.8, 4) is 0 Å². The van der Waals surface area contributed by atoms with Crippen molar-refractivity contribution in [3.05, 3.63) is 95.1 Å². The second-order valence-electron chi connectivity index (χ2n) is 10.8. The van der Waals surface area contributed by atoms with Crippen LogP contribution in [0.1, 0.15) is 43.0 Å². The van der Waals surface area contributed by atoms with Crippen LogP contribution in [0.2, 0.25) is 0 Å². The van der Waals surface area contributed by atoms with Crippen molar-refractivity contribution in [3.63, 3.8) is 0 Å². The molecule has 3 rings (SSSR count). The summed E-state index contributed by atoms with van der Waals surface area (Å²) in [6, 6.07) is 21.0. The molecule has 0 aliphatic carbocycles. The molecule has 0 aliphatic heterocycles. The van der Waals surface area contributed by atoms with Gasteiger partial charge >= 0.3 is 0 Å². The van der Waals surface area contributed by atoms with Crippen LogP contribution in [0.5, 0.6) is 0 Å². The van der Waals surface area contributed by atoms with E-state index in [1.807, 2.05) is 71.0 Å². The smallest absolute Gasteiger partial charge is 0.264 e. The van der Waals surface area contributed by atoms with Crippen LogP contribution < -0.4 is 9.62 Å². The summed E-state index contributed by atoms with van der Waals surface area (Å²) in [6.07, 6.45) is 0.530. The van der Waals surface area contributed by atoms with Gasteiger partial charge in [0.05, 0.1) is 10.6 Å². The highest BCUT2D eigenvalue weighted by molar-refractivity contribution is 7.92. The monoisotopic (exact) mass is 563 g/mol. The molecule has 0 spiro atoms. The SMILES string of the molecule is Cc1ccc(S(=O)(=O)N(CC(=O)N(CCc2ccccc2)C(C)C(=O)NCC(C)C)c2cc(C)cc(C)c2)cc1. The molecule has 214 valence electrons. The fraction of sp³-hybridized carbons (Fsp3) is 0.375. The molecule has 8 heteroatoms. The van der Waals surface area contributed by atoms with E-state index in [0.29, 0.717) is 18.7 Å². The summed E-state index contributed by atoms with van der Waals surface area (Å²) in [5.74, 6) is -0.461. The molecule has 3 aromatic carbocycles. The van der Waals surface area contributed by atoms with Gasteiger partial charge in [0.15, 0.2) is 0 Å². The van der Waals surface area contributed by atoms with E-state index in [4.69, 9.17) is 0 Å². The minimum atomic E-state index is -4.08. The van der Waals surface area contributed by atoms with Crippen molar-refractivity contribution in [1.29, 1.82) is 0 Å². The number of hydrogen-bond acceptors (Lipinski definition) is 4. The van der Waals surface area contributed by atoms with Crippen molar-refractivity contribution < 1.29 is 18.0 Å². The predicted molar refractivity (Wildman–Crippen MR) is 161 cm³/mol. The first-order chi connectivity index (χ1) is 18.9. The Morgan fingerprint density at radius 2 is 1.43 bits per heavy atom. The molecule has 0 aliphatic rings. The van der Waals surface area contributed by atoms with Crippen LogP contribution in [0, 0.1) is 26.7 Å². The lowest BCUT2D eigenvalue weighted by Crippen LogP contribution is -2.52. The molecule has 0 aromatic heterocycles. The van der Waals surface area contributed by atoms with E-state index in [9.17, 15) is 18.0 Å². The van der Waals surface area contributed by atoms with E-state index in [-0.39, 0.29) is 23.3 Å². The first-order valence-corrected chi connectivity index (χ1v) is 15.1. The second kappa shape index (κ2) is 13.6. The zero-order chi connectivity index (χ0) is 29.4. The summed E-state index contributed by atoms with van der Waals surface area (Å²) in [5.41, 5.74) is 4.13. The Labute approximate surface area is 239 Å². The number of hydrogen-bond donors (Lipinski definition) is 1. The molecule has 1 unspecified atom stereocenters. The molecule has 0 bridgehead atoms. The highest BCUT2D eigenvalue weighted by Gasteiger charge is 2.32. The topological polar surface area (TPSA) is 86.8 Å². The number of amides is 2. The minimum Gasteiger partial charge on any atom is -0.354 e. The van der Waals surface area contributed by atoms with Crippen molar-refractivity contribution in [2.75, 3.05) is 23.9 Å². The fourth-order valence-electron chi connectivity index (χ4n) is 4.48. The van der Waals surface area contributed by atoms with Gasteiger partial charge in [0.2, 0.25) is 11.8 Å². The third kappa shape index (κ3) is 8.18. The van der Waals surface area contributed by atoms with Crippen molar-refractivity contribution in [2.24, 2.45) is 5.92 Å². The molecule has 0 fully saturated rings. The maximum Gasteiger partial charge on any atom is 0.264 e. The molecule has 0 saturated heterocycles. The molecule has 1 N–H and O–H groups in total. The van der Waals surface area contributed by atoms with Crippen LogP contribution in [-0.4, -0.2) is 50.8 Å². The van der Waals surface area contributed by atoms with Gasteiger partial charge in [-0.05, 0) is 81.0 Å². The van der Waals surface area contributed by atoms with Gasteiger partial charge in [-0.2, -0.15) is 0 Å². The van der Waals surface area contributed by atoms with Gasteiger partial charge in [-0.15, -0.1) is 0 Å². The van der Waals surface area contributed by atoms with E-state index < -0.39 is 28.5 Å². The summed E-state index contributed by atoms with van der Waals surface area (Å²) in [7, 11) is -4.08. The zero-order valence-electron chi connectivity index (χ0n) is 24.3. The number of nitrogens with one attached hydrogen (secondary N) is 1. The van der Waals surface area contributed by atoms with Gasteiger partial charge in [0, 0.05) is 13.1 Å². The van der Waals surface area contributed by atoms with Crippen LogP contribution in [0.4, 0.5) is 5.69 Å². The Morgan fingerprint density at radius 3 is 2.00 bits per heavy atom. The van der Waals surface area contributed by atoms with Gasteiger partial charge in [-0.1, -0.05) is 67.9 Å². The summed E-state index contributed by atoms with van der Waals surface area (Å²) in [6.45, 7) is 11.7. The predicted octanol–water partition coefficient (Wildman–Crippen LogP) is 5.04. The number of anilines is 1. The number of sulfonamides is 1. The number of carbonyl (C=O) groups is 2. The number of aryl methyl sites for hydroxylation is 3. The van der Waals surface area contributed by atoms with Crippen molar-refractivity contribution >= 4 is 27.5 Å². The van der Waals surface area contributed by atoms with Gasteiger partial charge in [0.1, 0.15) is 12.6 Å². The Morgan fingerprint density at radius 1 is 0.825 bits per heavy atom.